The Balaban J connectivity index is 2.89. The van der Waals surface area contributed by atoms with E-state index in [1.54, 1.807) is 18.2 Å². The minimum absolute atomic E-state index is 0.160. The molecule has 0 unspecified atom stereocenters. The van der Waals surface area contributed by atoms with Crippen molar-refractivity contribution in [3.8, 4) is 0 Å². The van der Waals surface area contributed by atoms with Crippen LogP contribution in [-0.4, -0.2) is 12.6 Å². The van der Waals surface area contributed by atoms with E-state index in [4.69, 9.17) is 16.2 Å². The Labute approximate surface area is 82.2 Å². The quantitative estimate of drug-likeness (QED) is 0.428. The molecule has 0 radical (unpaired) electrons. The summed E-state index contributed by atoms with van der Waals surface area (Å²) >= 11 is 0. The lowest BCUT2D eigenvalue weighted by atomic mass is 10.1. The predicted octanol–water partition coefficient (Wildman–Crippen LogP) is 1.19. The van der Waals surface area contributed by atoms with Crippen molar-refractivity contribution in [2.75, 3.05) is 18.1 Å². The maximum atomic E-state index is 11.4. The first-order chi connectivity index (χ1) is 6.66. The van der Waals surface area contributed by atoms with E-state index in [-0.39, 0.29) is 17.9 Å². The molecule has 0 heterocycles. The van der Waals surface area contributed by atoms with Gasteiger partial charge in [-0.1, -0.05) is 18.7 Å². The van der Waals surface area contributed by atoms with Crippen LogP contribution in [0.4, 0.5) is 11.4 Å². The highest BCUT2D eigenvalue weighted by molar-refractivity contribution is 5.97. The molecular weight excluding hydrogens is 180 g/mol. The summed E-state index contributed by atoms with van der Waals surface area (Å²) in [6, 6.07) is 4.84. The molecule has 1 aromatic rings. The van der Waals surface area contributed by atoms with Gasteiger partial charge in [-0.3, -0.25) is 0 Å². The van der Waals surface area contributed by atoms with Crippen LogP contribution in [0.15, 0.2) is 30.9 Å². The number of nitrogen functional groups attached to an aromatic ring is 2. The number of carbonyl (C=O) groups excluding carboxylic acids is 1. The van der Waals surface area contributed by atoms with Crippen LogP contribution in [0.25, 0.3) is 0 Å². The van der Waals surface area contributed by atoms with E-state index < -0.39 is 5.97 Å². The number of para-hydroxylation sites is 1. The second-order valence-corrected chi connectivity index (χ2v) is 2.70. The molecule has 4 heteroatoms. The maximum Gasteiger partial charge on any atom is 0.340 e. The van der Waals surface area contributed by atoms with Crippen LogP contribution in [-0.2, 0) is 4.74 Å². The Morgan fingerprint density at radius 2 is 2.21 bits per heavy atom. The second kappa shape index (κ2) is 4.32. The van der Waals surface area contributed by atoms with Crippen molar-refractivity contribution < 1.29 is 9.53 Å². The summed E-state index contributed by atoms with van der Waals surface area (Å²) in [5, 5.41) is 0. The molecule has 0 saturated carbocycles. The average molecular weight is 192 g/mol. The number of benzene rings is 1. The number of ether oxygens (including phenoxy) is 1. The van der Waals surface area contributed by atoms with E-state index >= 15 is 0 Å². The zero-order valence-corrected chi connectivity index (χ0v) is 7.69. The lowest BCUT2D eigenvalue weighted by molar-refractivity contribution is 0.0551. The van der Waals surface area contributed by atoms with Gasteiger partial charge in [0.25, 0.3) is 0 Å². The highest BCUT2D eigenvalue weighted by Crippen LogP contribution is 2.19. The van der Waals surface area contributed by atoms with Crippen molar-refractivity contribution >= 4 is 17.3 Å². The van der Waals surface area contributed by atoms with Gasteiger partial charge < -0.3 is 16.2 Å². The number of hydrogen-bond acceptors (Lipinski definition) is 4. The third-order valence-corrected chi connectivity index (χ3v) is 1.69. The van der Waals surface area contributed by atoms with Gasteiger partial charge >= 0.3 is 5.97 Å². The molecule has 0 bridgehead atoms. The zero-order chi connectivity index (χ0) is 10.6. The average Bonchev–Trinajstić information content (AvgIpc) is 2.18. The van der Waals surface area contributed by atoms with Crippen molar-refractivity contribution in [1.29, 1.82) is 0 Å². The van der Waals surface area contributed by atoms with Gasteiger partial charge in [0.05, 0.1) is 16.9 Å². The molecular formula is C10H12N2O2. The molecule has 74 valence electrons. The fourth-order valence-corrected chi connectivity index (χ4v) is 0.973. The molecule has 0 atom stereocenters. The maximum absolute atomic E-state index is 11.4. The lowest BCUT2D eigenvalue weighted by Crippen LogP contribution is -2.09. The van der Waals surface area contributed by atoms with Gasteiger partial charge in [-0.05, 0) is 12.1 Å². The van der Waals surface area contributed by atoms with Crippen LogP contribution in [0.1, 0.15) is 10.4 Å². The number of nitrogens with two attached hydrogens (primary N) is 2. The SMILES string of the molecule is C=CCOC(=O)c1cccc(N)c1N. The Kier molecular flexibility index (Phi) is 3.12. The number of anilines is 2. The largest absolute Gasteiger partial charge is 0.458 e. The van der Waals surface area contributed by atoms with Gasteiger partial charge in [-0.15, -0.1) is 0 Å². The summed E-state index contributed by atoms with van der Waals surface area (Å²) in [4.78, 5) is 11.4. The Bertz CT molecular complexity index is 361. The van der Waals surface area contributed by atoms with Crippen LogP contribution in [0.3, 0.4) is 0 Å². The highest BCUT2D eigenvalue weighted by Gasteiger charge is 2.11. The Morgan fingerprint density at radius 3 is 2.86 bits per heavy atom. The summed E-state index contributed by atoms with van der Waals surface area (Å²) < 4.78 is 4.82. The molecule has 0 aliphatic rings. The van der Waals surface area contributed by atoms with Gasteiger partial charge in [-0.25, -0.2) is 4.79 Å². The molecule has 0 amide bonds. The van der Waals surface area contributed by atoms with Crippen LogP contribution in [0.2, 0.25) is 0 Å². The van der Waals surface area contributed by atoms with Crippen LogP contribution >= 0.6 is 0 Å². The fraction of sp³-hybridized carbons (Fsp3) is 0.100. The standard InChI is InChI=1S/C10H12N2O2/c1-2-6-14-10(13)7-4-3-5-8(11)9(7)12/h2-5H,1,6,11-12H2. The minimum Gasteiger partial charge on any atom is -0.458 e. The second-order valence-electron chi connectivity index (χ2n) is 2.70. The molecule has 1 aromatic carbocycles. The van der Waals surface area contributed by atoms with Crippen LogP contribution in [0.5, 0.6) is 0 Å². The van der Waals surface area contributed by atoms with E-state index in [0.29, 0.717) is 5.69 Å². The van der Waals surface area contributed by atoms with Crippen molar-refractivity contribution in [1.82, 2.24) is 0 Å². The van der Waals surface area contributed by atoms with Crippen LogP contribution in [0, 0.1) is 0 Å². The molecule has 0 aromatic heterocycles. The van der Waals surface area contributed by atoms with E-state index in [1.165, 1.54) is 6.08 Å². The highest BCUT2D eigenvalue weighted by atomic mass is 16.5. The number of hydrogen-bond donors (Lipinski definition) is 2. The Hall–Kier alpha value is -1.97. The smallest absolute Gasteiger partial charge is 0.340 e. The van der Waals surface area contributed by atoms with E-state index in [1.807, 2.05) is 0 Å². The van der Waals surface area contributed by atoms with Gasteiger partial charge in [-0.2, -0.15) is 0 Å². The molecule has 4 N–H and O–H groups in total. The molecule has 0 fully saturated rings. The summed E-state index contributed by atoms with van der Waals surface area (Å²) in [6.45, 7) is 3.59. The molecule has 4 nitrogen and oxygen atoms in total. The lowest BCUT2D eigenvalue weighted by Gasteiger charge is -2.06. The molecule has 0 spiro atoms. The molecule has 0 aliphatic heterocycles. The van der Waals surface area contributed by atoms with Crippen molar-refractivity contribution in [3.05, 3.63) is 36.4 Å². The van der Waals surface area contributed by atoms with Crippen molar-refractivity contribution in [2.24, 2.45) is 0 Å². The minimum atomic E-state index is -0.491. The third-order valence-electron chi connectivity index (χ3n) is 1.69. The molecule has 0 saturated heterocycles. The monoisotopic (exact) mass is 192 g/mol. The van der Waals surface area contributed by atoms with E-state index in [9.17, 15) is 4.79 Å². The van der Waals surface area contributed by atoms with Gasteiger partial charge in [0, 0.05) is 0 Å². The first-order valence-corrected chi connectivity index (χ1v) is 4.08. The van der Waals surface area contributed by atoms with Gasteiger partial charge in [0.2, 0.25) is 0 Å². The molecule has 14 heavy (non-hydrogen) atoms. The van der Waals surface area contributed by atoms with Crippen molar-refractivity contribution in [2.45, 2.75) is 0 Å². The first kappa shape index (κ1) is 10.1. The number of rotatable bonds is 3. The van der Waals surface area contributed by atoms with Gasteiger partial charge in [0.1, 0.15) is 6.61 Å². The molecule has 1 rings (SSSR count). The fourth-order valence-electron chi connectivity index (χ4n) is 0.973. The summed E-state index contributed by atoms with van der Waals surface area (Å²) in [7, 11) is 0. The normalized spacial score (nSPS) is 9.43. The third kappa shape index (κ3) is 2.04. The van der Waals surface area contributed by atoms with Crippen LogP contribution < -0.4 is 11.5 Å². The first-order valence-electron chi connectivity index (χ1n) is 4.08. The Morgan fingerprint density at radius 1 is 1.50 bits per heavy atom. The molecule has 0 aliphatic carbocycles. The van der Waals surface area contributed by atoms with Gasteiger partial charge in [0.15, 0.2) is 0 Å². The summed E-state index contributed by atoms with van der Waals surface area (Å²) in [6.07, 6.45) is 1.49. The summed E-state index contributed by atoms with van der Waals surface area (Å²) in [5.41, 5.74) is 12.0. The topological polar surface area (TPSA) is 78.3 Å². The number of carbonyl (C=O) groups is 1. The zero-order valence-electron chi connectivity index (χ0n) is 7.69. The predicted molar refractivity (Wildman–Crippen MR) is 55.7 cm³/mol. The van der Waals surface area contributed by atoms with E-state index in [0.717, 1.165) is 0 Å². The number of esters is 1. The van der Waals surface area contributed by atoms with E-state index in [2.05, 4.69) is 6.58 Å². The van der Waals surface area contributed by atoms with Crippen molar-refractivity contribution in [3.63, 3.8) is 0 Å². The summed E-state index contributed by atoms with van der Waals surface area (Å²) in [5.74, 6) is -0.491.